The zero-order chi connectivity index (χ0) is 21.0. The fraction of sp³-hybridized carbons (Fsp3) is 0.714. The Morgan fingerprint density at radius 3 is 2.31 bits per heavy atom. The van der Waals surface area contributed by atoms with Crippen LogP contribution in [-0.2, 0) is 9.53 Å². The van der Waals surface area contributed by atoms with Gasteiger partial charge in [0.25, 0.3) is 5.91 Å². The molecule has 3 rings (SSSR count). The highest BCUT2D eigenvalue weighted by Crippen LogP contribution is 2.17. The summed E-state index contributed by atoms with van der Waals surface area (Å²) >= 11 is 0. The number of furan rings is 1. The first kappa shape index (κ1) is 21.8. The van der Waals surface area contributed by atoms with Gasteiger partial charge in [0.05, 0.1) is 25.3 Å². The maximum absolute atomic E-state index is 12.7. The zero-order valence-corrected chi connectivity index (χ0v) is 18.1. The van der Waals surface area contributed by atoms with Crippen molar-refractivity contribution in [3.05, 3.63) is 23.2 Å². The standard InChI is InChI=1S/C21H34N4O4/c1-16-13-18(17(2)29-16)20(27)24-7-5-23(6-8-24)14-19(26)22-15-21(3,4)25-9-11-28-12-10-25/h13H,5-12,14-15H2,1-4H3,(H,22,26). The topological polar surface area (TPSA) is 78.3 Å². The number of ether oxygens (including phenoxy) is 1. The van der Waals surface area contributed by atoms with Gasteiger partial charge in [-0.2, -0.15) is 0 Å². The summed E-state index contributed by atoms with van der Waals surface area (Å²) in [6, 6.07) is 1.80. The van der Waals surface area contributed by atoms with Crippen molar-refractivity contribution in [2.45, 2.75) is 33.2 Å². The lowest BCUT2D eigenvalue weighted by molar-refractivity contribution is -0.123. The normalized spacial score (nSPS) is 19.4. The molecule has 0 bridgehead atoms. The second kappa shape index (κ2) is 9.28. The van der Waals surface area contributed by atoms with Gasteiger partial charge < -0.3 is 19.4 Å². The van der Waals surface area contributed by atoms with Crippen LogP contribution in [0.25, 0.3) is 0 Å². The van der Waals surface area contributed by atoms with Crippen molar-refractivity contribution in [3.63, 3.8) is 0 Å². The molecule has 0 radical (unpaired) electrons. The molecule has 29 heavy (non-hydrogen) atoms. The Kier molecular flexibility index (Phi) is 6.97. The van der Waals surface area contributed by atoms with Gasteiger partial charge in [-0.15, -0.1) is 0 Å². The summed E-state index contributed by atoms with van der Waals surface area (Å²) in [6.07, 6.45) is 0. The summed E-state index contributed by atoms with van der Waals surface area (Å²) in [5.74, 6) is 1.46. The Labute approximate surface area is 173 Å². The van der Waals surface area contributed by atoms with E-state index in [9.17, 15) is 9.59 Å². The van der Waals surface area contributed by atoms with Crippen LogP contribution in [0.1, 0.15) is 35.7 Å². The second-order valence-electron chi connectivity index (χ2n) is 8.58. The fourth-order valence-corrected chi connectivity index (χ4v) is 3.98. The molecule has 2 saturated heterocycles. The highest BCUT2D eigenvalue weighted by molar-refractivity contribution is 5.95. The first-order chi connectivity index (χ1) is 13.8. The molecule has 2 aliphatic heterocycles. The summed E-state index contributed by atoms with van der Waals surface area (Å²) in [5.41, 5.74) is 0.546. The van der Waals surface area contributed by atoms with E-state index in [1.54, 1.807) is 6.07 Å². The zero-order valence-electron chi connectivity index (χ0n) is 18.1. The molecule has 0 aromatic carbocycles. The van der Waals surface area contributed by atoms with Crippen molar-refractivity contribution in [1.82, 2.24) is 20.0 Å². The number of piperazine rings is 1. The number of nitrogens with one attached hydrogen (secondary N) is 1. The Bertz CT molecular complexity index is 716. The van der Waals surface area contributed by atoms with E-state index in [0.29, 0.717) is 50.6 Å². The van der Waals surface area contributed by atoms with Crippen LogP contribution in [-0.4, -0.2) is 97.6 Å². The van der Waals surface area contributed by atoms with Gasteiger partial charge >= 0.3 is 0 Å². The monoisotopic (exact) mass is 406 g/mol. The fourth-order valence-electron chi connectivity index (χ4n) is 3.98. The number of nitrogens with zero attached hydrogens (tertiary/aromatic N) is 3. The molecule has 3 heterocycles. The van der Waals surface area contributed by atoms with Gasteiger partial charge in [-0.3, -0.25) is 19.4 Å². The quantitative estimate of drug-likeness (QED) is 0.756. The van der Waals surface area contributed by atoms with Gasteiger partial charge in [0.15, 0.2) is 0 Å². The highest BCUT2D eigenvalue weighted by atomic mass is 16.5. The predicted octanol–water partition coefficient (Wildman–Crippen LogP) is 0.881. The van der Waals surface area contributed by atoms with Gasteiger partial charge in [0, 0.05) is 51.4 Å². The van der Waals surface area contributed by atoms with Gasteiger partial charge in [0.1, 0.15) is 11.5 Å². The van der Waals surface area contributed by atoms with Crippen LogP contribution in [0, 0.1) is 13.8 Å². The van der Waals surface area contributed by atoms with Crippen molar-refractivity contribution < 1.29 is 18.7 Å². The maximum Gasteiger partial charge on any atom is 0.257 e. The SMILES string of the molecule is Cc1cc(C(=O)N2CCN(CC(=O)NCC(C)(C)N3CCOCC3)CC2)c(C)o1. The maximum atomic E-state index is 12.7. The smallest absolute Gasteiger partial charge is 0.257 e. The number of morpholine rings is 1. The van der Waals surface area contributed by atoms with E-state index in [1.807, 2.05) is 18.7 Å². The lowest BCUT2D eigenvalue weighted by atomic mass is 10.0. The van der Waals surface area contributed by atoms with Crippen molar-refractivity contribution in [1.29, 1.82) is 0 Å². The third-order valence-corrected chi connectivity index (χ3v) is 5.88. The van der Waals surface area contributed by atoms with E-state index in [-0.39, 0.29) is 17.4 Å². The molecule has 162 valence electrons. The Morgan fingerprint density at radius 1 is 1.07 bits per heavy atom. The predicted molar refractivity (Wildman–Crippen MR) is 110 cm³/mol. The molecule has 0 atom stereocenters. The Hall–Kier alpha value is -1.90. The molecule has 1 aromatic rings. The van der Waals surface area contributed by atoms with Gasteiger partial charge in [0.2, 0.25) is 5.91 Å². The molecule has 8 nitrogen and oxygen atoms in total. The molecule has 2 aliphatic rings. The molecule has 1 aromatic heterocycles. The van der Waals surface area contributed by atoms with E-state index < -0.39 is 0 Å². The van der Waals surface area contributed by atoms with E-state index in [0.717, 1.165) is 32.1 Å². The molecule has 1 N–H and O–H groups in total. The number of carbonyl (C=O) groups excluding carboxylic acids is 2. The molecule has 0 spiro atoms. The van der Waals surface area contributed by atoms with Crippen LogP contribution in [0.15, 0.2) is 10.5 Å². The van der Waals surface area contributed by atoms with Crippen molar-refractivity contribution >= 4 is 11.8 Å². The number of rotatable bonds is 6. The Balaban J connectivity index is 1.41. The van der Waals surface area contributed by atoms with E-state index in [1.165, 1.54) is 0 Å². The summed E-state index contributed by atoms with van der Waals surface area (Å²) < 4.78 is 10.9. The lowest BCUT2D eigenvalue weighted by Gasteiger charge is -2.41. The van der Waals surface area contributed by atoms with Gasteiger partial charge in [-0.25, -0.2) is 0 Å². The highest BCUT2D eigenvalue weighted by Gasteiger charge is 2.29. The van der Waals surface area contributed by atoms with Crippen molar-refractivity contribution in [2.24, 2.45) is 0 Å². The number of hydrogen-bond acceptors (Lipinski definition) is 6. The van der Waals surface area contributed by atoms with E-state index in [4.69, 9.17) is 9.15 Å². The minimum Gasteiger partial charge on any atom is -0.466 e. The number of hydrogen-bond donors (Lipinski definition) is 1. The average Bonchev–Trinajstić information content (AvgIpc) is 3.05. The minimum absolute atomic E-state index is 0.00992. The lowest BCUT2D eigenvalue weighted by Crippen LogP contribution is -2.56. The molecule has 8 heteroatoms. The van der Waals surface area contributed by atoms with Gasteiger partial charge in [-0.05, 0) is 33.8 Å². The molecule has 0 aliphatic carbocycles. The Morgan fingerprint density at radius 2 is 1.72 bits per heavy atom. The van der Waals surface area contributed by atoms with Crippen molar-refractivity contribution in [3.8, 4) is 0 Å². The molecule has 0 unspecified atom stereocenters. The third kappa shape index (κ3) is 5.58. The van der Waals surface area contributed by atoms with Gasteiger partial charge in [-0.1, -0.05) is 0 Å². The molecule has 0 saturated carbocycles. The largest absolute Gasteiger partial charge is 0.466 e. The molecular weight excluding hydrogens is 372 g/mol. The van der Waals surface area contributed by atoms with Crippen LogP contribution < -0.4 is 5.32 Å². The van der Waals surface area contributed by atoms with Crippen LogP contribution >= 0.6 is 0 Å². The van der Waals surface area contributed by atoms with Crippen LogP contribution in [0.5, 0.6) is 0 Å². The van der Waals surface area contributed by atoms with E-state index >= 15 is 0 Å². The summed E-state index contributed by atoms with van der Waals surface area (Å²) in [4.78, 5) is 31.4. The average molecular weight is 407 g/mol. The van der Waals surface area contributed by atoms with Crippen LogP contribution in [0.2, 0.25) is 0 Å². The third-order valence-electron chi connectivity index (χ3n) is 5.88. The van der Waals surface area contributed by atoms with Crippen LogP contribution in [0.3, 0.4) is 0 Å². The molecular formula is C21H34N4O4. The first-order valence-corrected chi connectivity index (χ1v) is 10.4. The first-order valence-electron chi connectivity index (χ1n) is 10.4. The summed E-state index contributed by atoms with van der Waals surface area (Å²) in [5, 5.41) is 3.08. The van der Waals surface area contributed by atoms with Crippen LogP contribution in [0.4, 0.5) is 0 Å². The van der Waals surface area contributed by atoms with E-state index in [2.05, 4.69) is 29.0 Å². The molecule has 2 amide bonds. The second-order valence-corrected chi connectivity index (χ2v) is 8.58. The number of aryl methyl sites for hydroxylation is 2. The number of amides is 2. The number of carbonyl (C=O) groups is 2. The van der Waals surface area contributed by atoms with Crippen molar-refractivity contribution in [2.75, 3.05) is 65.6 Å². The minimum atomic E-state index is -0.0921. The summed E-state index contributed by atoms with van der Waals surface area (Å²) in [6.45, 7) is 14.9. The summed E-state index contributed by atoms with van der Waals surface area (Å²) in [7, 11) is 0. The molecule has 2 fully saturated rings.